The lowest BCUT2D eigenvalue weighted by atomic mass is 10.0. The zero-order valence-corrected chi connectivity index (χ0v) is 21.0. The summed E-state index contributed by atoms with van der Waals surface area (Å²) in [5.74, 6) is -0.153. The number of hydrogen-bond donors (Lipinski definition) is 1. The van der Waals surface area contributed by atoms with Crippen molar-refractivity contribution in [2.75, 3.05) is 16.8 Å². The number of aryl methyl sites for hydroxylation is 2. The van der Waals surface area contributed by atoms with E-state index in [2.05, 4.69) is 17.3 Å². The molecule has 35 heavy (non-hydrogen) atoms. The first kappa shape index (κ1) is 23.5. The molecule has 0 aliphatic carbocycles. The maximum Gasteiger partial charge on any atom is 0.256 e. The monoisotopic (exact) mass is 508 g/mol. The van der Waals surface area contributed by atoms with Gasteiger partial charge in [0.05, 0.1) is 39.9 Å². The summed E-state index contributed by atoms with van der Waals surface area (Å²) in [4.78, 5) is 18.4. The highest BCUT2D eigenvalue weighted by atomic mass is 35.5. The predicted molar refractivity (Wildman–Crippen MR) is 139 cm³/mol. The predicted octanol–water partition coefficient (Wildman–Crippen LogP) is 5.23. The molecule has 3 heterocycles. The molecular weight excluding hydrogens is 484 g/mol. The van der Waals surface area contributed by atoms with Gasteiger partial charge in [0, 0.05) is 16.3 Å². The highest BCUT2D eigenvalue weighted by Gasteiger charge is 2.32. The molecule has 180 valence electrons. The van der Waals surface area contributed by atoms with E-state index in [1.54, 1.807) is 35.0 Å². The van der Waals surface area contributed by atoms with Gasteiger partial charge in [-0.25, -0.2) is 18.1 Å². The highest BCUT2D eigenvalue weighted by Crippen LogP contribution is 2.32. The SMILES string of the molecule is CCc1ccc(-c2cc(C(=O)Nc3ccc(Cl)cc3)c3c(C)nn(C4CCS(=O)(=O)C4)c3n2)cc1. The normalized spacial score (nSPS) is 17.1. The molecule has 1 N–H and O–H groups in total. The van der Waals surface area contributed by atoms with Crippen LogP contribution in [0.5, 0.6) is 0 Å². The van der Waals surface area contributed by atoms with E-state index in [1.165, 1.54) is 5.56 Å². The Kier molecular flexibility index (Phi) is 6.11. The number of fused-ring (bicyclic) bond motifs is 1. The second-order valence-corrected chi connectivity index (χ2v) is 11.5. The summed E-state index contributed by atoms with van der Waals surface area (Å²) in [6.07, 6.45) is 1.39. The van der Waals surface area contributed by atoms with Gasteiger partial charge in [-0.2, -0.15) is 5.10 Å². The molecule has 2 aromatic heterocycles. The van der Waals surface area contributed by atoms with E-state index in [-0.39, 0.29) is 23.5 Å². The minimum atomic E-state index is -3.12. The van der Waals surface area contributed by atoms with Crippen LogP contribution in [0, 0.1) is 6.92 Å². The molecule has 1 saturated heterocycles. The molecular formula is C26H25ClN4O3S. The minimum absolute atomic E-state index is 0.0205. The van der Waals surface area contributed by atoms with Crippen molar-refractivity contribution in [2.24, 2.45) is 0 Å². The smallest absolute Gasteiger partial charge is 0.256 e. The van der Waals surface area contributed by atoms with E-state index in [4.69, 9.17) is 16.6 Å². The number of nitrogens with zero attached hydrogens (tertiary/aromatic N) is 3. The van der Waals surface area contributed by atoms with Gasteiger partial charge in [-0.1, -0.05) is 42.8 Å². The lowest BCUT2D eigenvalue weighted by Crippen LogP contribution is -2.15. The van der Waals surface area contributed by atoms with Gasteiger partial charge in [0.2, 0.25) is 0 Å². The van der Waals surface area contributed by atoms with Gasteiger partial charge in [-0.05, 0) is 55.7 Å². The van der Waals surface area contributed by atoms with E-state index in [9.17, 15) is 13.2 Å². The van der Waals surface area contributed by atoms with Crippen LogP contribution < -0.4 is 5.32 Å². The molecule has 9 heteroatoms. The number of hydrogen-bond acceptors (Lipinski definition) is 5. The molecule has 2 aromatic carbocycles. The Balaban J connectivity index is 1.66. The number of halogens is 1. The van der Waals surface area contributed by atoms with Crippen molar-refractivity contribution in [2.45, 2.75) is 32.7 Å². The Morgan fingerprint density at radius 3 is 2.49 bits per heavy atom. The van der Waals surface area contributed by atoms with Gasteiger partial charge in [-0.15, -0.1) is 0 Å². The van der Waals surface area contributed by atoms with Crippen LogP contribution in [0.2, 0.25) is 5.02 Å². The van der Waals surface area contributed by atoms with Gasteiger partial charge in [0.1, 0.15) is 0 Å². The van der Waals surface area contributed by atoms with Crippen LogP contribution in [-0.4, -0.2) is 40.6 Å². The number of carbonyl (C=O) groups is 1. The van der Waals surface area contributed by atoms with Crippen LogP contribution in [-0.2, 0) is 16.3 Å². The highest BCUT2D eigenvalue weighted by molar-refractivity contribution is 7.91. The second-order valence-electron chi connectivity index (χ2n) is 8.85. The zero-order chi connectivity index (χ0) is 24.7. The van der Waals surface area contributed by atoms with Crippen molar-refractivity contribution < 1.29 is 13.2 Å². The first-order chi connectivity index (χ1) is 16.7. The molecule has 0 bridgehead atoms. The van der Waals surface area contributed by atoms with Gasteiger partial charge in [0.15, 0.2) is 15.5 Å². The molecule has 1 aliphatic heterocycles. The fourth-order valence-corrected chi connectivity index (χ4v) is 6.32. The van der Waals surface area contributed by atoms with E-state index >= 15 is 0 Å². The molecule has 1 fully saturated rings. The quantitative estimate of drug-likeness (QED) is 0.398. The summed E-state index contributed by atoms with van der Waals surface area (Å²) in [5.41, 5.74) is 4.90. The van der Waals surface area contributed by atoms with E-state index < -0.39 is 9.84 Å². The van der Waals surface area contributed by atoms with Gasteiger partial charge < -0.3 is 5.32 Å². The summed E-state index contributed by atoms with van der Waals surface area (Å²) in [5, 5.41) is 8.79. The summed E-state index contributed by atoms with van der Waals surface area (Å²) < 4.78 is 26.0. The molecule has 0 radical (unpaired) electrons. The molecule has 4 aromatic rings. The summed E-state index contributed by atoms with van der Waals surface area (Å²) in [6.45, 7) is 3.91. The number of benzene rings is 2. The van der Waals surface area contributed by atoms with Crippen molar-refractivity contribution in [1.29, 1.82) is 0 Å². The van der Waals surface area contributed by atoms with Crippen LogP contribution in [0.1, 0.15) is 41.0 Å². The third-order valence-corrected chi connectivity index (χ3v) is 8.40. The number of carbonyl (C=O) groups excluding carboxylic acids is 1. The first-order valence-electron chi connectivity index (χ1n) is 11.5. The molecule has 1 amide bonds. The van der Waals surface area contributed by atoms with Crippen molar-refractivity contribution in [3.63, 3.8) is 0 Å². The maximum absolute atomic E-state index is 13.5. The van der Waals surface area contributed by atoms with E-state index in [0.717, 1.165) is 12.0 Å². The second kappa shape index (κ2) is 9.09. The third-order valence-electron chi connectivity index (χ3n) is 6.40. The summed E-state index contributed by atoms with van der Waals surface area (Å²) >= 11 is 5.98. The molecule has 1 atom stereocenters. The van der Waals surface area contributed by atoms with Crippen molar-refractivity contribution in [1.82, 2.24) is 14.8 Å². The third kappa shape index (κ3) is 4.68. The van der Waals surface area contributed by atoms with E-state index in [0.29, 0.717) is 45.1 Å². The number of amides is 1. The Labute approximate surface area is 209 Å². The molecule has 1 aliphatic rings. The molecule has 0 saturated carbocycles. The Morgan fingerprint density at radius 2 is 1.86 bits per heavy atom. The lowest BCUT2D eigenvalue weighted by Gasteiger charge is -2.13. The zero-order valence-electron chi connectivity index (χ0n) is 19.5. The first-order valence-corrected chi connectivity index (χ1v) is 13.7. The molecule has 5 rings (SSSR count). The standard InChI is InChI=1S/C26H25ClN4O3S/c1-3-17-4-6-18(7-5-17)23-14-22(26(32)28-20-10-8-19(27)9-11-20)24-16(2)30-31(25(24)29-23)21-12-13-35(33,34)15-21/h4-11,14,21H,3,12-13,15H2,1-2H3,(H,28,32). The summed E-state index contributed by atoms with van der Waals surface area (Å²) in [6, 6.07) is 16.4. The van der Waals surface area contributed by atoms with Gasteiger partial charge >= 0.3 is 0 Å². The molecule has 0 spiro atoms. The number of anilines is 1. The van der Waals surface area contributed by atoms with Crippen molar-refractivity contribution >= 4 is 44.1 Å². The van der Waals surface area contributed by atoms with Crippen LogP contribution >= 0.6 is 11.6 Å². The fraction of sp³-hybridized carbons (Fsp3) is 0.269. The fourth-order valence-electron chi connectivity index (χ4n) is 4.51. The lowest BCUT2D eigenvalue weighted by molar-refractivity contribution is 0.102. The number of aromatic nitrogens is 3. The Hall–Kier alpha value is -3.23. The number of nitrogens with one attached hydrogen (secondary N) is 1. The topological polar surface area (TPSA) is 94.0 Å². The Bertz CT molecular complexity index is 1530. The van der Waals surface area contributed by atoms with Gasteiger partial charge in [0.25, 0.3) is 5.91 Å². The average molecular weight is 509 g/mol. The van der Waals surface area contributed by atoms with Crippen molar-refractivity contribution in [3.05, 3.63) is 76.4 Å². The van der Waals surface area contributed by atoms with Crippen LogP contribution in [0.25, 0.3) is 22.3 Å². The van der Waals surface area contributed by atoms with Crippen LogP contribution in [0.3, 0.4) is 0 Å². The van der Waals surface area contributed by atoms with Crippen LogP contribution in [0.15, 0.2) is 54.6 Å². The van der Waals surface area contributed by atoms with Crippen LogP contribution in [0.4, 0.5) is 5.69 Å². The van der Waals surface area contributed by atoms with E-state index in [1.807, 2.05) is 31.2 Å². The largest absolute Gasteiger partial charge is 0.322 e. The minimum Gasteiger partial charge on any atom is -0.322 e. The van der Waals surface area contributed by atoms with Gasteiger partial charge in [-0.3, -0.25) is 4.79 Å². The molecule has 1 unspecified atom stereocenters. The maximum atomic E-state index is 13.5. The number of sulfone groups is 1. The Morgan fingerprint density at radius 1 is 1.14 bits per heavy atom. The number of pyridine rings is 1. The van der Waals surface area contributed by atoms with Crippen molar-refractivity contribution in [3.8, 4) is 11.3 Å². The summed E-state index contributed by atoms with van der Waals surface area (Å²) in [7, 11) is -3.12. The number of rotatable bonds is 5. The molecule has 7 nitrogen and oxygen atoms in total. The average Bonchev–Trinajstić information content (AvgIpc) is 3.38.